The summed E-state index contributed by atoms with van der Waals surface area (Å²) in [5.41, 5.74) is 3.62. The van der Waals surface area contributed by atoms with Gasteiger partial charge in [-0.25, -0.2) is 4.98 Å². The molecule has 0 radical (unpaired) electrons. The lowest BCUT2D eigenvalue weighted by molar-refractivity contribution is 0.949. The zero-order valence-corrected chi connectivity index (χ0v) is 14.9. The molecule has 0 saturated carbocycles. The normalized spacial score (nSPS) is 13.2. The summed E-state index contributed by atoms with van der Waals surface area (Å²) in [6, 6.07) is 19.6. The zero-order valence-electron chi connectivity index (χ0n) is 14.9. The molecule has 2 aromatic carbocycles. The van der Waals surface area contributed by atoms with Crippen molar-refractivity contribution < 1.29 is 0 Å². The maximum absolute atomic E-state index is 9.01. The first-order valence-electron chi connectivity index (χ1n) is 9.02. The van der Waals surface area contributed by atoms with Crippen LogP contribution in [-0.4, -0.2) is 23.1 Å². The van der Waals surface area contributed by atoms with Gasteiger partial charge in [-0.3, -0.25) is 0 Å². The van der Waals surface area contributed by atoms with Gasteiger partial charge in [-0.15, -0.1) is 0 Å². The molecule has 1 aliphatic heterocycles. The summed E-state index contributed by atoms with van der Waals surface area (Å²) in [5, 5.41) is 15.4. The minimum absolute atomic E-state index is 0.519. The lowest BCUT2D eigenvalue weighted by Gasteiger charge is -2.17. The monoisotopic (exact) mass is 356 g/mol. The minimum atomic E-state index is 0.519. The molecule has 1 aromatic heterocycles. The fourth-order valence-corrected chi connectivity index (χ4v) is 3.16. The van der Waals surface area contributed by atoms with Crippen LogP contribution in [0, 0.1) is 11.3 Å². The molecule has 0 atom stereocenters. The topological polar surface area (TPSA) is 76.9 Å². The van der Waals surface area contributed by atoms with Gasteiger partial charge < -0.3 is 15.5 Å². The van der Waals surface area contributed by atoms with Crippen LogP contribution in [-0.2, 0) is 0 Å². The van der Waals surface area contributed by atoms with E-state index in [4.69, 9.17) is 5.26 Å². The Bertz CT molecular complexity index is 955. The smallest absolute Gasteiger partial charge is 0.229 e. The Balaban J connectivity index is 1.45. The van der Waals surface area contributed by atoms with Crippen LogP contribution < -0.4 is 15.5 Å². The van der Waals surface area contributed by atoms with Crippen LogP contribution in [0.5, 0.6) is 0 Å². The van der Waals surface area contributed by atoms with Crippen LogP contribution >= 0.6 is 0 Å². The Labute approximate surface area is 158 Å². The van der Waals surface area contributed by atoms with Crippen molar-refractivity contribution in [3.63, 3.8) is 0 Å². The highest BCUT2D eigenvalue weighted by atomic mass is 15.2. The first-order valence-corrected chi connectivity index (χ1v) is 9.02. The molecule has 3 aromatic rings. The van der Waals surface area contributed by atoms with E-state index < -0.39 is 0 Å². The Morgan fingerprint density at radius 2 is 1.74 bits per heavy atom. The van der Waals surface area contributed by atoms with Crippen LogP contribution in [0.2, 0.25) is 0 Å². The number of aromatic nitrogens is 2. The quantitative estimate of drug-likeness (QED) is 0.704. The predicted octanol–water partition coefficient (Wildman–Crippen LogP) is 4.44. The van der Waals surface area contributed by atoms with E-state index in [0.717, 1.165) is 24.5 Å². The fourth-order valence-electron chi connectivity index (χ4n) is 3.16. The average molecular weight is 356 g/mol. The number of nitriles is 1. The van der Waals surface area contributed by atoms with Crippen molar-refractivity contribution in [2.24, 2.45) is 0 Å². The third-order valence-electron chi connectivity index (χ3n) is 4.51. The van der Waals surface area contributed by atoms with Gasteiger partial charge in [0.05, 0.1) is 11.6 Å². The summed E-state index contributed by atoms with van der Waals surface area (Å²) in [4.78, 5) is 11.2. The van der Waals surface area contributed by atoms with Crippen molar-refractivity contribution in [2.45, 2.75) is 12.8 Å². The van der Waals surface area contributed by atoms with Gasteiger partial charge in [-0.1, -0.05) is 6.07 Å². The van der Waals surface area contributed by atoms with Crippen LogP contribution in [0.1, 0.15) is 18.4 Å². The van der Waals surface area contributed by atoms with Crippen LogP contribution in [0.15, 0.2) is 60.8 Å². The first-order chi connectivity index (χ1) is 13.3. The van der Waals surface area contributed by atoms with Gasteiger partial charge in [0, 0.05) is 36.3 Å². The number of nitrogens with one attached hydrogen (secondary N) is 2. The maximum atomic E-state index is 9.01. The van der Waals surface area contributed by atoms with Crippen molar-refractivity contribution in [2.75, 3.05) is 28.6 Å². The maximum Gasteiger partial charge on any atom is 0.229 e. The second-order valence-corrected chi connectivity index (χ2v) is 6.45. The summed E-state index contributed by atoms with van der Waals surface area (Å²) in [6.07, 6.45) is 4.24. The Morgan fingerprint density at radius 1 is 0.926 bits per heavy atom. The van der Waals surface area contributed by atoms with Gasteiger partial charge in [0.2, 0.25) is 5.95 Å². The molecule has 6 heteroatoms. The van der Waals surface area contributed by atoms with E-state index in [0.29, 0.717) is 17.3 Å². The highest BCUT2D eigenvalue weighted by Gasteiger charge is 2.11. The molecule has 0 aliphatic carbocycles. The lowest BCUT2D eigenvalue weighted by atomic mass is 10.2. The van der Waals surface area contributed by atoms with Crippen molar-refractivity contribution >= 4 is 28.8 Å². The summed E-state index contributed by atoms with van der Waals surface area (Å²) in [5.74, 6) is 1.18. The molecule has 0 unspecified atom stereocenters. The van der Waals surface area contributed by atoms with Crippen LogP contribution in [0.3, 0.4) is 0 Å². The van der Waals surface area contributed by atoms with Gasteiger partial charge in [-0.2, -0.15) is 10.2 Å². The molecule has 6 nitrogen and oxygen atoms in total. The van der Waals surface area contributed by atoms with Crippen molar-refractivity contribution in [1.82, 2.24) is 9.97 Å². The van der Waals surface area contributed by atoms with Crippen molar-refractivity contribution in [3.8, 4) is 6.07 Å². The van der Waals surface area contributed by atoms with Crippen molar-refractivity contribution in [3.05, 3.63) is 66.4 Å². The van der Waals surface area contributed by atoms with Gasteiger partial charge >= 0.3 is 0 Å². The third kappa shape index (κ3) is 4.15. The second kappa shape index (κ2) is 7.75. The molecule has 134 valence electrons. The summed E-state index contributed by atoms with van der Waals surface area (Å²) in [7, 11) is 0. The molecule has 1 aliphatic rings. The van der Waals surface area contributed by atoms with Gasteiger partial charge in [0.1, 0.15) is 5.82 Å². The molecule has 27 heavy (non-hydrogen) atoms. The Hall–Kier alpha value is -3.59. The Kier molecular flexibility index (Phi) is 4.84. The molecule has 0 bridgehead atoms. The zero-order chi connectivity index (χ0) is 18.5. The van der Waals surface area contributed by atoms with E-state index >= 15 is 0 Å². The molecular formula is C21H20N6. The summed E-state index contributed by atoms with van der Waals surface area (Å²) in [6.45, 7) is 2.27. The van der Waals surface area contributed by atoms with E-state index in [1.54, 1.807) is 24.4 Å². The molecule has 1 fully saturated rings. The number of nitrogens with zero attached hydrogens (tertiary/aromatic N) is 4. The number of anilines is 5. The standard InChI is InChI=1S/C21H20N6/c22-15-16-4-3-5-18(14-16)24-20-10-11-23-21(26-20)25-17-6-8-19(9-7-17)27-12-1-2-13-27/h3-11,14H,1-2,12-13H2,(H2,23,24,25,26). The van der Waals surface area contributed by atoms with E-state index in [1.807, 2.05) is 24.3 Å². The fraction of sp³-hybridized carbons (Fsp3) is 0.190. The lowest BCUT2D eigenvalue weighted by Crippen LogP contribution is -2.17. The second-order valence-electron chi connectivity index (χ2n) is 6.45. The van der Waals surface area contributed by atoms with E-state index in [-0.39, 0.29) is 0 Å². The molecule has 2 N–H and O–H groups in total. The molecule has 4 rings (SSSR count). The third-order valence-corrected chi connectivity index (χ3v) is 4.51. The number of rotatable bonds is 5. The Morgan fingerprint density at radius 3 is 2.52 bits per heavy atom. The van der Waals surface area contributed by atoms with Crippen LogP contribution in [0.4, 0.5) is 28.8 Å². The van der Waals surface area contributed by atoms with E-state index in [9.17, 15) is 0 Å². The average Bonchev–Trinajstić information content (AvgIpc) is 3.24. The molecular weight excluding hydrogens is 336 g/mol. The highest BCUT2D eigenvalue weighted by Crippen LogP contribution is 2.23. The largest absolute Gasteiger partial charge is 0.372 e. The van der Waals surface area contributed by atoms with Crippen LogP contribution in [0.25, 0.3) is 0 Å². The van der Waals surface area contributed by atoms with Gasteiger partial charge in [-0.05, 0) is 61.4 Å². The summed E-state index contributed by atoms with van der Waals surface area (Å²) >= 11 is 0. The number of hydrogen-bond acceptors (Lipinski definition) is 6. The summed E-state index contributed by atoms with van der Waals surface area (Å²) < 4.78 is 0. The minimum Gasteiger partial charge on any atom is -0.372 e. The molecule has 0 amide bonds. The van der Waals surface area contributed by atoms with Crippen molar-refractivity contribution in [1.29, 1.82) is 5.26 Å². The molecule has 2 heterocycles. The molecule has 1 saturated heterocycles. The SMILES string of the molecule is N#Cc1cccc(Nc2ccnc(Nc3ccc(N4CCCC4)cc3)n2)c1. The number of benzene rings is 2. The first kappa shape index (κ1) is 16.9. The van der Waals surface area contributed by atoms with Gasteiger partial charge in [0.15, 0.2) is 0 Å². The predicted molar refractivity (Wildman–Crippen MR) is 108 cm³/mol. The van der Waals surface area contributed by atoms with Gasteiger partial charge in [0.25, 0.3) is 0 Å². The molecule has 0 spiro atoms. The van der Waals surface area contributed by atoms with E-state index in [2.05, 4.69) is 43.7 Å². The highest BCUT2D eigenvalue weighted by molar-refractivity contribution is 5.62. The van der Waals surface area contributed by atoms with E-state index in [1.165, 1.54) is 18.5 Å². The number of hydrogen-bond donors (Lipinski definition) is 2.